The number of aliphatic hydroxyl groups excluding tert-OH is 1. The van der Waals surface area contributed by atoms with Gasteiger partial charge in [-0.25, -0.2) is 0 Å². The van der Waals surface area contributed by atoms with E-state index in [0.717, 1.165) is 19.4 Å². The van der Waals surface area contributed by atoms with Crippen LogP contribution >= 0.6 is 0 Å². The van der Waals surface area contributed by atoms with Crippen molar-refractivity contribution in [3.8, 4) is 0 Å². The molecule has 6 aliphatic heterocycles. The number of hydrogen-bond donors (Lipinski definition) is 2. The van der Waals surface area contributed by atoms with Crippen LogP contribution in [0.15, 0.2) is 0 Å². The smallest absolute Gasteiger partial charge is 0.187 e. The minimum absolute atomic E-state index is 0.124. The summed E-state index contributed by atoms with van der Waals surface area (Å²) in [4.78, 5) is 0. The molecule has 12 nitrogen and oxygen atoms in total. The van der Waals surface area contributed by atoms with Gasteiger partial charge in [0.25, 0.3) is 0 Å². The lowest BCUT2D eigenvalue weighted by molar-refractivity contribution is -0.214. The Morgan fingerprint density at radius 3 is 1.73 bits per heavy atom. The third-order valence-electron chi connectivity index (χ3n) is 7.71. The maximum absolute atomic E-state index is 9.18. The average Bonchev–Trinajstić information content (AvgIpc) is 3.60. The van der Waals surface area contributed by atoms with Crippen LogP contribution in [0.25, 0.3) is 0 Å². The third kappa shape index (κ3) is 5.46. The lowest BCUT2D eigenvalue weighted by Crippen LogP contribution is -2.56. The van der Waals surface area contributed by atoms with Gasteiger partial charge in [0.15, 0.2) is 24.2 Å². The molecule has 0 aromatic rings. The van der Waals surface area contributed by atoms with Crippen LogP contribution in [0.4, 0.5) is 0 Å². The van der Waals surface area contributed by atoms with Gasteiger partial charge in [-0.05, 0) is 47.1 Å². The summed E-state index contributed by atoms with van der Waals surface area (Å²) in [7, 11) is 0. The summed E-state index contributed by atoms with van der Waals surface area (Å²) in [6.45, 7) is 10.1. The van der Waals surface area contributed by atoms with Gasteiger partial charge in [0.1, 0.15) is 48.8 Å². The number of fused-ring (bicyclic) bond motifs is 8. The first kappa shape index (κ1) is 26.7. The molecule has 0 aliphatic carbocycles. The van der Waals surface area contributed by atoms with Crippen LogP contribution in [0.1, 0.15) is 40.5 Å². The number of unbranched alkanes of at least 4 members (excludes halogenated alkanes) is 1. The van der Waals surface area contributed by atoms with Crippen molar-refractivity contribution in [3.63, 3.8) is 0 Å². The summed E-state index contributed by atoms with van der Waals surface area (Å²) in [6, 6.07) is -0.124. The molecule has 2 N–H and O–H groups in total. The highest BCUT2D eigenvalue weighted by molar-refractivity contribution is 5.01. The zero-order valence-corrected chi connectivity index (χ0v) is 22.0. The predicted molar refractivity (Wildman–Crippen MR) is 124 cm³/mol. The number of nitrogens with one attached hydrogen (secondary N) is 1. The topological polar surface area (TPSA) is 125 Å². The normalized spacial score (nSPS) is 45.6. The molecule has 0 radical (unpaired) electrons. The van der Waals surface area contributed by atoms with Crippen molar-refractivity contribution < 1.29 is 52.5 Å². The molecule has 6 saturated heterocycles. The van der Waals surface area contributed by atoms with E-state index in [1.165, 1.54) is 0 Å². The third-order valence-corrected chi connectivity index (χ3v) is 7.71. The fraction of sp³-hybridized carbons (Fsp3) is 1.00. The summed E-state index contributed by atoms with van der Waals surface area (Å²) >= 11 is 0. The molecule has 11 atom stereocenters. The van der Waals surface area contributed by atoms with Crippen LogP contribution in [0.2, 0.25) is 0 Å². The molecule has 6 fully saturated rings. The Bertz CT molecular complexity index is 741. The van der Waals surface area contributed by atoms with Gasteiger partial charge in [0.2, 0.25) is 0 Å². The van der Waals surface area contributed by atoms with Crippen LogP contribution in [0, 0.1) is 0 Å². The van der Waals surface area contributed by atoms with Gasteiger partial charge in [-0.3, -0.25) is 0 Å². The highest BCUT2D eigenvalue weighted by atomic mass is 16.8. The van der Waals surface area contributed by atoms with Crippen molar-refractivity contribution in [2.24, 2.45) is 0 Å². The molecule has 0 amide bonds. The van der Waals surface area contributed by atoms with Gasteiger partial charge in [0, 0.05) is 6.61 Å². The van der Waals surface area contributed by atoms with Gasteiger partial charge in [0.05, 0.1) is 32.5 Å². The summed E-state index contributed by atoms with van der Waals surface area (Å²) in [5.74, 6) is -1.45. The Labute approximate surface area is 217 Å². The number of hydrogen-bond acceptors (Lipinski definition) is 12. The summed E-state index contributed by atoms with van der Waals surface area (Å²) < 4.78 is 61.1. The molecule has 4 bridgehead atoms. The van der Waals surface area contributed by atoms with Gasteiger partial charge in [-0.1, -0.05) is 0 Å². The second kappa shape index (κ2) is 10.5. The monoisotopic (exact) mass is 531 g/mol. The largest absolute Gasteiger partial charge is 0.396 e. The van der Waals surface area contributed by atoms with Gasteiger partial charge in [-0.2, -0.15) is 0 Å². The Morgan fingerprint density at radius 2 is 1.24 bits per heavy atom. The maximum atomic E-state index is 9.18. The number of ether oxygens (including phenoxy) is 10. The summed E-state index contributed by atoms with van der Waals surface area (Å²) in [5, 5.41) is 12.7. The quantitative estimate of drug-likeness (QED) is 0.350. The molecule has 12 heteroatoms. The molecular formula is C25H41NO11. The predicted octanol–water partition coefficient (Wildman–Crippen LogP) is 0.0379. The van der Waals surface area contributed by atoms with Crippen molar-refractivity contribution in [3.05, 3.63) is 0 Å². The standard InChI is InChI=1S/C25H41NO11/c1-24(2)34-18-16(14-11-30-22(32-14)20(18)36-24)28-9-13(26-7-5-6-8-27)10-29-17-15-12-31-23(33-15)21-19(17)35-25(3,4)37-21/h13-23,26-27H,5-12H2,1-4H3/t13?,14-,15+,16-,17+,18-,19+,20-,21-,22-,23+/m0/s1. The van der Waals surface area contributed by atoms with Crippen LogP contribution in [0.3, 0.4) is 0 Å². The molecular weight excluding hydrogens is 490 g/mol. The van der Waals surface area contributed by atoms with Crippen molar-refractivity contribution in [2.75, 3.05) is 39.6 Å². The first-order valence-electron chi connectivity index (χ1n) is 13.6. The van der Waals surface area contributed by atoms with E-state index in [0.29, 0.717) is 26.4 Å². The van der Waals surface area contributed by atoms with E-state index in [-0.39, 0.29) is 61.5 Å². The molecule has 212 valence electrons. The van der Waals surface area contributed by atoms with Gasteiger partial charge < -0.3 is 57.8 Å². The van der Waals surface area contributed by atoms with Crippen molar-refractivity contribution >= 4 is 0 Å². The van der Waals surface area contributed by atoms with E-state index in [1.54, 1.807) is 0 Å². The van der Waals surface area contributed by atoms with Crippen LogP contribution in [-0.4, -0.2) is 124 Å². The lowest BCUT2D eigenvalue weighted by atomic mass is 10.0. The molecule has 6 aliphatic rings. The molecule has 37 heavy (non-hydrogen) atoms. The first-order chi connectivity index (χ1) is 17.7. The molecule has 0 saturated carbocycles. The highest BCUT2D eigenvalue weighted by Crippen LogP contribution is 2.43. The van der Waals surface area contributed by atoms with Gasteiger partial charge >= 0.3 is 0 Å². The van der Waals surface area contributed by atoms with E-state index in [2.05, 4.69) is 5.32 Å². The molecule has 1 unspecified atom stereocenters. The van der Waals surface area contributed by atoms with Crippen LogP contribution in [-0.2, 0) is 47.4 Å². The molecule has 0 aromatic heterocycles. The minimum Gasteiger partial charge on any atom is -0.396 e. The SMILES string of the molecule is CC1(C)O[C@@H]2[C@H](O1)[C@H]1OC[C@H](O1)[C@@H]2OCC(CO[C@H]1[C@H]2OC(C)(C)O[C@@H]2[C@@H]2OC[C@H]1O2)NCCCCO. The maximum Gasteiger partial charge on any atom is 0.187 e. The van der Waals surface area contributed by atoms with Crippen LogP contribution < -0.4 is 5.32 Å². The van der Waals surface area contributed by atoms with E-state index in [1.807, 2.05) is 27.7 Å². The fourth-order valence-corrected chi connectivity index (χ4v) is 6.12. The lowest BCUT2D eigenvalue weighted by Gasteiger charge is -2.37. The Hall–Kier alpha value is -0.480. The Balaban J connectivity index is 1.10. The zero-order valence-electron chi connectivity index (χ0n) is 22.0. The van der Waals surface area contributed by atoms with E-state index in [9.17, 15) is 5.11 Å². The fourth-order valence-electron chi connectivity index (χ4n) is 6.12. The van der Waals surface area contributed by atoms with E-state index >= 15 is 0 Å². The summed E-state index contributed by atoms with van der Waals surface area (Å²) in [6.07, 6.45) is -1.59. The Kier molecular flexibility index (Phi) is 7.58. The van der Waals surface area contributed by atoms with E-state index in [4.69, 9.17) is 47.4 Å². The molecule has 6 heterocycles. The first-order valence-corrected chi connectivity index (χ1v) is 13.6. The number of rotatable bonds is 11. The van der Waals surface area contributed by atoms with Crippen molar-refractivity contribution in [1.29, 1.82) is 0 Å². The van der Waals surface area contributed by atoms with E-state index < -0.39 is 24.2 Å². The van der Waals surface area contributed by atoms with Crippen molar-refractivity contribution in [1.82, 2.24) is 5.32 Å². The second-order valence-electron chi connectivity index (χ2n) is 11.6. The van der Waals surface area contributed by atoms with Crippen molar-refractivity contribution in [2.45, 2.75) is 120 Å². The molecule has 6 rings (SSSR count). The van der Waals surface area contributed by atoms with Crippen LogP contribution in [0.5, 0.6) is 0 Å². The number of aliphatic hydroxyl groups is 1. The molecule has 0 spiro atoms. The molecule has 0 aromatic carbocycles. The highest BCUT2D eigenvalue weighted by Gasteiger charge is 2.60. The second-order valence-corrected chi connectivity index (χ2v) is 11.6. The average molecular weight is 532 g/mol. The summed E-state index contributed by atoms with van der Waals surface area (Å²) in [5.41, 5.74) is 0. The van der Waals surface area contributed by atoms with Gasteiger partial charge in [-0.15, -0.1) is 0 Å². The minimum atomic E-state index is -0.727. The zero-order chi connectivity index (χ0) is 25.8. The Morgan fingerprint density at radius 1 is 0.757 bits per heavy atom.